The Morgan fingerprint density at radius 2 is 1.52 bits per heavy atom. The summed E-state index contributed by atoms with van der Waals surface area (Å²) in [4.78, 5) is 15.5. The van der Waals surface area contributed by atoms with E-state index in [4.69, 9.17) is 0 Å². The number of anilines is 2. The first-order valence-electron chi connectivity index (χ1n) is 10.8. The zero-order chi connectivity index (χ0) is 19.5. The molecule has 0 spiro atoms. The SMILES string of the molecule is Cc1ccc(C(=O)Nc2cc3c4c(c2)[C@@H]2C=CC[C@H]2CN4C[C@H]2CC=C[C@@H]32)cc1. The Balaban J connectivity index is 1.43. The molecule has 6 rings (SSSR count). The third-order valence-corrected chi connectivity index (χ3v) is 7.26. The number of amides is 1. The van der Waals surface area contributed by atoms with Crippen LogP contribution in [0.3, 0.4) is 0 Å². The summed E-state index contributed by atoms with van der Waals surface area (Å²) >= 11 is 0. The fourth-order valence-electron chi connectivity index (χ4n) is 5.86. The molecule has 0 saturated carbocycles. The minimum atomic E-state index is -0.0300. The van der Waals surface area contributed by atoms with Crippen LogP contribution in [0, 0.1) is 18.8 Å². The minimum absolute atomic E-state index is 0.0300. The second-order valence-electron chi connectivity index (χ2n) is 9.13. The van der Waals surface area contributed by atoms with Gasteiger partial charge >= 0.3 is 0 Å². The van der Waals surface area contributed by atoms with Crippen molar-refractivity contribution in [3.8, 4) is 0 Å². The summed E-state index contributed by atoms with van der Waals surface area (Å²) in [6.45, 7) is 4.37. The van der Waals surface area contributed by atoms with E-state index in [1.807, 2.05) is 31.2 Å². The number of nitrogens with zero attached hydrogens (tertiary/aromatic N) is 1. The molecule has 2 aromatic carbocycles. The number of carbonyl (C=O) groups excluding carboxylic acids is 1. The van der Waals surface area contributed by atoms with Gasteiger partial charge in [-0.05, 0) is 67.0 Å². The zero-order valence-electron chi connectivity index (χ0n) is 16.8. The Kier molecular flexibility index (Phi) is 3.74. The fourth-order valence-corrected chi connectivity index (χ4v) is 5.86. The Labute approximate surface area is 172 Å². The Bertz CT molecular complexity index is 998. The molecule has 2 aromatic rings. The van der Waals surface area contributed by atoms with Gasteiger partial charge in [0.2, 0.25) is 0 Å². The molecule has 0 saturated heterocycles. The summed E-state index contributed by atoms with van der Waals surface area (Å²) in [5.41, 5.74) is 7.07. The van der Waals surface area contributed by atoms with Gasteiger partial charge in [-0.2, -0.15) is 0 Å². The zero-order valence-corrected chi connectivity index (χ0v) is 16.8. The molecule has 3 heteroatoms. The van der Waals surface area contributed by atoms with E-state index in [0.717, 1.165) is 24.3 Å². The van der Waals surface area contributed by atoms with Gasteiger partial charge in [-0.3, -0.25) is 4.79 Å². The molecule has 1 amide bonds. The molecule has 0 aromatic heterocycles. The molecule has 0 unspecified atom stereocenters. The number of rotatable bonds is 2. The van der Waals surface area contributed by atoms with Crippen molar-refractivity contribution in [3.05, 3.63) is 83.0 Å². The normalized spacial score (nSPS) is 28.1. The van der Waals surface area contributed by atoms with E-state index in [0.29, 0.717) is 29.2 Å². The average Bonchev–Trinajstić information content (AvgIpc) is 3.38. The van der Waals surface area contributed by atoms with Gasteiger partial charge in [0.15, 0.2) is 0 Å². The summed E-state index contributed by atoms with van der Waals surface area (Å²) in [6, 6.07) is 12.3. The van der Waals surface area contributed by atoms with Crippen molar-refractivity contribution < 1.29 is 4.79 Å². The first-order valence-corrected chi connectivity index (χ1v) is 10.8. The van der Waals surface area contributed by atoms with Crippen LogP contribution in [0.5, 0.6) is 0 Å². The second kappa shape index (κ2) is 6.35. The summed E-state index contributed by atoms with van der Waals surface area (Å²) in [5, 5.41) is 3.20. The van der Waals surface area contributed by atoms with Crippen LogP contribution in [0.25, 0.3) is 0 Å². The van der Waals surface area contributed by atoms with Crippen LogP contribution in [-0.2, 0) is 0 Å². The van der Waals surface area contributed by atoms with Gasteiger partial charge in [-0.15, -0.1) is 0 Å². The summed E-state index contributed by atoms with van der Waals surface area (Å²) in [6.07, 6.45) is 11.8. The van der Waals surface area contributed by atoms with Crippen LogP contribution in [-0.4, -0.2) is 19.0 Å². The van der Waals surface area contributed by atoms with Gasteiger partial charge in [0.25, 0.3) is 5.91 Å². The van der Waals surface area contributed by atoms with Gasteiger partial charge < -0.3 is 10.2 Å². The van der Waals surface area contributed by atoms with Crippen LogP contribution in [0.1, 0.15) is 51.7 Å². The van der Waals surface area contributed by atoms with Gasteiger partial charge in [-0.25, -0.2) is 0 Å². The van der Waals surface area contributed by atoms with Crippen LogP contribution in [0.15, 0.2) is 60.7 Å². The van der Waals surface area contributed by atoms with E-state index in [-0.39, 0.29) is 5.91 Å². The Morgan fingerprint density at radius 3 is 2.10 bits per heavy atom. The van der Waals surface area contributed by atoms with Crippen molar-refractivity contribution in [1.29, 1.82) is 0 Å². The van der Waals surface area contributed by atoms with Crippen molar-refractivity contribution in [2.24, 2.45) is 11.8 Å². The first-order chi connectivity index (χ1) is 14.2. The molecule has 2 heterocycles. The Hall–Kier alpha value is -2.81. The summed E-state index contributed by atoms with van der Waals surface area (Å²) in [7, 11) is 0. The lowest BCUT2D eigenvalue weighted by atomic mass is 9.75. The fraction of sp³-hybridized carbons (Fsp3) is 0.346. The van der Waals surface area contributed by atoms with Crippen LogP contribution in [0.4, 0.5) is 11.4 Å². The molecule has 2 aliphatic carbocycles. The van der Waals surface area contributed by atoms with Gasteiger partial charge in [0.1, 0.15) is 0 Å². The second-order valence-corrected chi connectivity index (χ2v) is 9.13. The van der Waals surface area contributed by atoms with E-state index in [1.165, 1.54) is 29.7 Å². The monoisotopic (exact) mass is 382 g/mol. The topological polar surface area (TPSA) is 32.3 Å². The van der Waals surface area contributed by atoms with Crippen molar-refractivity contribution >= 4 is 17.3 Å². The van der Waals surface area contributed by atoms with Crippen LogP contribution < -0.4 is 10.2 Å². The molecule has 3 nitrogen and oxygen atoms in total. The van der Waals surface area contributed by atoms with Crippen molar-refractivity contribution in [2.45, 2.75) is 31.6 Å². The van der Waals surface area contributed by atoms with Gasteiger partial charge in [0, 0.05) is 41.9 Å². The smallest absolute Gasteiger partial charge is 0.255 e. The van der Waals surface area contributed by atoms with Crippen molar-refractivity contribution in [3.63, 3.8) is 0 Å². The first kappa shape index (κ1) is 17.1. The maximum atomic E-state index is 12.9. The number of carbonyl (C=O) groups is 1. The molecule has 0 radical (unpaired) electrons. The van der Waals surface area contributed by atoms with E-state index in [1.54, 1.807) is 0 Å². The van der Waals surface area contributed by atoms with Crippen molar-refractivity contribution in [2.75, 3.05) is 23.3 Å². The Morgan fingerprint density at radius 1 is 0.931 bits per heavy atom. The highest BCUT2D eigenvalue weighted by Gasteiger charge is 2.42. The number of hydrogen-bond donors (Lipinski definition) is 1. The lowest BCUT2D eigenvalue weighted by molar-refractivity contribution is 0.102. The number of benzene rings is 2. The van der Waals surface area contributed by atoms with Crippen LogP contribution in [0.2, 0.25) is 0 Å². The molecule has 4 aliphatic rings. The number of allylic oxidation sites excluding steroid dienone is 4. The van der Waals surface area contributed by atoms with Gasteiger partial charge in [0.05, 0.1) is 0 Å². The van der Waals surface area contributed by atoms with E-state index < -0.39 is 0 Å². The highest BCUT2D eigenvalue weighted by Crippen LogP contribution is 2.53. The molecular weight excluding hydrogens is 356 g/mol. The maximum absolute atomic E-state index is 12.9. The third kappa shape index (κ3) is 2.67. The largest absolute Gasteiger partial charge is 0.370 e. The summed E-state index contributed by atoms with van der Waals surface area (Å²) < 4.78 is 0. The molecule has 29 heavy (non-hydrogen) atoms. The number of hydrogen-bond acceptors (Lipinski definition) is 2. The van der Waals surface area contributed by atoms with E-state index in [9.17, 15) is 4.79 Å². The predicted molar refractivity (Wildman–Crippen MR) is 118 cm³/mol. The quantitative estimate of drug-likeness (QED) is 0.705. The van der Waals surface area contributed by atoms with Crippen molar-refractivity contribution in [1.82, 2.24) is 0 Å². The maximum Gasteiger partial charge on any atom is 0.255 e. The molecule has 0 bridgehead atoms. The lowest BCUT2D eigenvalue weighted by Gasteiger charge is -2.46. The lowest BCUT2D eigenvalue weighted by Crippen LogP contribution is -2.43. The molecule has 2 aliphatic heterocycles. The predicted octanol–water partition coefficient (Wildman–Crippen LogP) is 5.40. The molecule has 4 atom stereocenters. The van der Waals surface area contributed by atoms with Gasteiger partial charge in [-0.1, -0.05) is 42.0 Å². The summed E-state index contributed by atoms with van der Waals surface area (Å²) in [5.74, 6) is 2.28. The average molecular weight is 383 g/mol. The van der Waals surface area contributed by atoms with E-state index in [2.05, 4.69) is 46.7 Å². The number of fused-ring (bicyclic) bond motifs is 4. The molecular formula is C26H26N2O. The highest BCUT2D eigenvalue weighted by atomic mass is 16.1. The van der Waals surface area contributed by atoms with Crippen LogP contribution >= 0.6 is 0 Å². The molecule has 146 valence electrons. The standard InChI is InChI=1S/C26H26N2O/c1-16-8-10-17(11-9-16)26(29)27-20-12-23-21-6-2-4-18(21)14-28-15-19-5-3-7-22(19)24(13-20)25(23)28/h2-3,6-13,18-19,21-22H,4-5,14-15H2,1H3,(H,27,29)/t18-,19+,21-,22-/m1/s1. The number of aryl methyl sites for hydroxylation is 1. The number of nitrogens with one attached hydrogen (secondary N) is 1. The molecule has 0 fully saturated rings. The third-order valence-electron chi connectivity index (χ3n) is 7.26. The minimum Gasteiger partial charge on any atom is -0.370 e. The highest BCUT2D eigenvalue weighted by molar-refractivity contribution is 6.04. The van der Waals surface area contributed by atoms with E-state index >= 15 is 0 Å². The molecule has 1 N–H and O–H groups in total.